The third-order valence-corrected chi connectivity index (χ3v) is 7.62. The van der Waals surface area contributed by atoms with Gasteiger partial charge >= 0.3 is 0 Å². The van der Waals surface area contributed by atoms with Gasteiger partial charge < -0.3 is 20.0 Å². The maximum Gasteiger partial charge on any atom is 0.266 e. The van der Waals surface area contributed by atoms with Crippen LogP contribution in [0, 0.1) is 0 Å². The van der Waals surface area contributed by atoms with Gasteiger partial charge in [-0.1, -0.05) is 43.5 Å². The zero-order valence-electron chi connectivity index (χ0n) is 22.0. The molecule has 0 aliphatic heterocycles. The van der Waals surface area contributed by atoms with Crippen molar-refractivity contribution in [1.29, 1.82) is 0 Å². The average molecular weight is 587 g/mol. The SMILES string of the molecule is CCCCCc1cc(C(=O)NS(=O)(=O)c2ccc(CCNC(=O)c3cc(Cl)ccc3OC)cc2)cnc1C(=O)[O-]. The number of halogens is 1. The second-order valence-corrected chi connectivity index (χ2v) is 11.0. The number of nitrogens with zero attached hydrogens (tertiary/aromatic N) is 1. The van der Waals surface area contributed by atoms with Crippen molar-refractivity contribution in [3.63, 3.8) is 0 Å². The summed E-state index contributed by atoms with van der Waals surface area (Å²) < 4.78 is 32.8. The third kappa shape index (κ3) is 8.03. The number of hydrogen-bond donors (Lipinski definition) is 2. The lowest BCUT2D eigenvalue weighted by Crippen LogP contribution is -2.31. The Bertz CT molecular complexity index is 1490. The zero-order chi connectivity index (χ0) is 29.3. The number of nitrogens with one attached hydrogen (secondary N) is 2. The number of carbonyl (C=O) groups excluding carboxylic acids is 3. The van der Waals surface area contributed by atoms with Crippen molar-refractivity contribution >= 4 is 39.4 Å². The van der Waals surface area contributed by atoms with E-state index >= 15 is 0 Å². The van der Waals surface area contributed by atoms with E-state index in [9.17, 15) is 27.9 Å². The van der Waals surface area contributed by atoms with Crippen molar-refractivity contribution in [3.05, 3.63) is 87.7 Å². The highest BCUT2D eigenvalue weighted by molar-refractivity contribution is 7.90. The van der Waals surface area contributed by atoms with Crippen LogP contribution in [0.4, 0.5) is 0 Å². The monoisotopic (exact) mass is 586 g/mol. The van der Waals surface area contributed by atoms with Crippen LogP contribution in [-0.4, -0.2) is 44.8 Å². The summed E-state index contributed by atoms with van der Waals surface area (Å²) in [5.41, 5.74) is 1.01. The van der Waals surface area contributed by atoms with Crippen molar-refractivity contribution in [3.8, 4) is 5.75 Å². The first-order chi connectivity index (χ1) is 19.1. The van der Waals surface area contributed by atoms with Crippen LogP contribution >= 0.6 is 11.6 Å². The summed E-state index contributed by atoms with van der Waals surface area (Å²) in [5.74, 6) is -2.37. The van der Waals surface area contributed by atoms with Gasteiger partial charge in [0.15, 0.2) is 0 Å². The summed E-state index contributed by atoms with van der Waals surface area (Å²) >= 11 is 5.98. The summed E-state index contributed by atoms with van der Waals surface area (Å²) in [6.07, 6.45) is 4.25. The molecule has 2 aromatic carbocycles. The molecule has 212 valence electrons. The van der Waals surface area contributed by atoms with Gasteiger partial charge in [-0.15, -0.1) is 0 Å². The summed E-state index contributed by atoms with van der Waals surface area (Å²) in [6, 6.07) is 11.9. The maximum absolute atomic E-state index is 12.8. The molecule has 0 radical (unpaired) electrons. The molecule has 0 bridgehead atoms. The largest absolute Gasteiger partial charge is 0.543 e. The second kappa shape index (κ2) is 13.9. The van der Waals surface area contributed by atoms with E-state index in [0.717, 1.165) is 24.6 Å². The number of amides is 2. The maximum atomic E-state index is 12.8. The minimum absolute atomic E-state index is 0.0798. The van der Waals surface area contributed by atoms with Gasteiger partial charge in [0.25, 0.3) is 21.8 Å². The van der Waals surface area contributed by atoms with E-state index in [-0.39, 0.29) is 28.6 Å². The molecular weight excluding hydrogens is 558 g/mol. The number of pyridine rings is 1. The molecule has 3 rings (SSSR count). The Morgan fingerprint density at radius 2 is 1.73 bits per heavy atom. The predicted octanol–water partition coefficient (Wildman–Crippen LogP) is 2.93. The van der Waals surface area contributed by atoms with Crippen LogP contribution < -0.4 is 19.9 Å². The quantitative estimate of drug-likeness (QED) is 0.290. The Kier molecular flexibility index (Phi) is 10.6. The van der Waals surface area contributed by atoms with Gasteiger partial charge in [-0.3, -0.25) is 14.6 Å². The normalized spacial score (nSPS) is 11.1. The van der Waals surface area contributed by atoms with Crippen molar-refractivity contribution < 1.29 is 32.6 Å². The molecule has 1 heterocycles. The summed E-state index contributed by atoms with van der Waals surface area (Å²) in [6.45, 7) is 2.27. The molecule has 0 saturated carbocycles. The van der Waals surface area contributed by atoms with E-state index < -0.39 is 21.9 Å². The van der Waals surface area contributed by atoms with Gasteiger partial charge in [0.05, 0.1) is 34.8 Å². The van der Waals surface area contributed by atoms with Crippen molar-refractivity contribution in [1.82, 2.24) is 15.0 Å². The highest BCUT2D eigenvalue weighted by Gasteiger charge is 2.20. The van der Waals surface area contributed by atoms with Crippen LogP contribution in [0.25, 0.3) is 0 Å². The Labute approximate surface area is 237 Å². The number of aromatic carboxylic acids is 1. The van der Waals surface area contributed by atoms with E-state index in [1.807, 2.05) is 11.6 Å². The molecular formula is C28H29ClN3O7S-. The van der Waals surface area contributed by atoms with Gasteiger partial charge in [0.2, 0.25) is 0 Å². The molecule has 0 spiro atoms. The molecule has 3 aromatic rings. The number of ether oxygens (including phenoxy) is 1. The molecule has 12 heteroatoms. The number of methoxy groups -OCH3 is 1. The van der Waals surface area contributed by atoms with Crippen molar-refractivity contribution in [2.75, 3.05) is 13.7 Å². The van der Waals surface area contributed by atoms with Crippen LogP contribution in [-0.2, 0) is 22.9 Å². The lowest BCUT2D eigenvalue weighted by Gasteiger charge is -2.12. The molecule has 0 saturated heterocycles. The number of carbonyl (C=O) groups is 3. The number of benzene rings is 2. The fourth-order valence-corrected chi connectivity index (χ4v) is 5.07. The van der Waals surface area contributed by atoms with Crippen molar-refractivity contribution in [2.24, 2.45) is 0 Å². The number of carboxylic acids is 1. The lowest BCUT2D eigenvalue weighted by atomic mass is 10.0. The smallest absolute Gasteiger partial charge is 0.266 e. The summed E-state index contributed by atoms with van der Waals surface area (Å²) in [7, 11) is -2.77. The fraction of sp³-hybridized carbons (Fsp3) is 0.286. The first kappa shape index (κ1) is 30.6. The molecule has 0 aliphatic rings. The van der Waals surface area contributed by atoms with E-state index in [1.54, 1.807) is 24.3 Å². The van der Waals surface area contributed by atoms with Gasteiger partial charge in [0.1, 0.15) is 5.75 Å². The highest BCUT2D eigenvalue weighted by atomic mass is 35.5. The first-order valence-corrected chi connectivity index (χ1v) is 14.4. The van der Waals surface area contributed by atoms with E-state index in [1.165, 1.54) is 31.4 Å². The van der Waals surface area contributed by atoms with Gasteiger partial charge in [-0.25, -0.2) is 13.1 Å². The number of aryl methyl sites for hydroxylation is 1. The van der Waals surface area contributed by atoms with Crippen molar-refractivity contribution in [2.45, 2.75) is 43.9 Å². The Balaban J connectivity index is 1.63. The summed E-state index contributed by atoms with van der Waals surface area (Å²) in [5, 5.41) is 14.5. The van der Waals surface area contributed by atoms with Gasteiger partial charge in [-0.05, 0) is 66.8 Å². The lowest BCUT2D eigenvalue weighted by molar-refractivity contribution is -0.255. The number of carboxylic acid groups (broad SMARTS) is 1. The van der Waals surface area contributed by atoms with Gasteiger partial charge in [-0.2, -0.15) is 0 Å². The number of hydrogen-bond acceptors (Lipinski definition) is 8. The number of aromatic nitrogens is 1. The molecule has 0 aliphatic carbocycles. The standard InChI is InChI=1S/C28H30ClN3O7S/c1-3-4-5-6-19-15-20(17-31-25(19)28(35)36)26(33)32-40(37,38)22-10-7-18(8-11-22)13-14-30-27(34)23-16-21(29)9-12-24(23)39-2/h7-12,15-17H,3-6,13-14H2,1-2H3,(H,30,34)(H,32,33)(H,35,36)/p-1. The molecule has 10 nitrogen and oxygen atoms in total. The fourth-order valence-electron chi connectivity index (χ4n) is 3.92. The molecule has 0 fully saturated rings. The van der Waals surface area contributed by atoms with Crippen LogP contribution in [0.3, 0.4) is 0 Å². The number of sulfonamides is 1. The minimum atomic E-state index is -4.22. The first-order valence-electron chi connectivity index (χ1n) is 12.5. The molecule has 1 aromatic heterocycles. The molecule has 0 atom stereocenters. The van der Waals surface area contributed by atoms with E-state index in [2.05, 4.69) is 10.3 Å². The average Bonchev–Trinajstić information content (AvgIpc) is 2.93. The number of unbranched alkanes of at least 4 members (excludes halogenated alkanes) is 2. The third-order valence-electron chi connectivity index (χ3n) is 6.04. The van der Waals surface area contributed by atoms with Crippen LogP contribution in [0.1, 0.15) is 68.5 Å². The Morgan fingerprint density at radius 3 is 2.38 bits per heavy atom. The predicted molar refractivity (Wildman–Crippen MR) is 147 cm³/mol. The Hall–Kier alpha value is -3.96. The number of rotatable bonds is 13. The van der Waals surface area contributed by atoms with Gasteiger partial charge in [0, 0.05) is 17.8 Å². The van der Waals surface area contributed by atoms with E-state index in [4.69, 9.17) is 16.3 Å². The molecule has 40 heavy (non-hydrogen) atoms. The van der Waals surface area contributed by atoms with Crippen LogP contribution in [0.2, 0.25) is 5.02 Å². The van der Waals surface area contributed by atoms with Crippen LogP contribution in [0.15, 0.2) is 59.6 Å². The molecule has 2 N–H and O–H groups in total. The molecule has 2 amide bonds. The Morgan fingerprint density at radius 1 is 1.00 bits per heavy atom. The zero-order valence-corrected chi connectivity index (χ0v) is 23.6. The van der Waals surface area contributed by atoms with E-state index in [0.29, 0.717) is 41.2 Å². The minimum Gasteiger partial charge on any atom is -0.543 e. The topological polar surface area (TPSA) is 155 Å². The van der Waals surface area contributed by atoms with Crippen LogP contribution in [0.5, 0.6) is 5.75 Å². The highest BCUT2D eigenvalue weighted by Crippen LogP contribution is 2.22. The second-order valence-electron chi connectivity index (χ2n) is 8.91. The summed E-state index contributed by atoms with van der Waals surface area (Å²) in [4.78, 5) is 40.3. The molecule has 0 unspecified atom stereocenters.